The molecule has 0 unspecified atom stereocenters. The fourth-order valence-electron chi connectivity index (χ4n) is 1.70. The average Bonchev–Trinajstić information content (AvgIpc) is 2.59. The summed E-state index contributed by atoms with van der Waals surface area (Å²) in [7, 11) is 0. The van der Waals surface area contributed by atoms with Gasteiger partial charge in [0.2, 0.25) is 5.91 Å². The molecule has 2 rings (SSSR count). The first kappa shape index (κ1) is 16.4. The Morgan fingerprint density at radius 1 is 0.870 bits per heavy atom. The third-order valence-corrected chi connectivity index (χ3v) is 2.99. The maximum atomic E-state index is 11.8. The second-order valence-corrected chi connectivity index (χ2v) is 4.92. The average molecular weight is 325 g/mol. The van der Waals surface area contributed by atoms with Gasteiger partial charge in [-0.1, -0.05) is 48.5 Å². The van der Waals surface area contributed by atoms with Crippen molar-refractivity contribution in [1.82, 2.24) is 16.2 Å². The summed E-state index contributed by atoms with van der Waals surface area (Å²) in [5.41, 5.74) is 6.27. The first-order valence-corrected chi connectivity index (χ1v) is 7.25. The molecular weight excluding hydrogens is 310 g/mol. The molecule has 6 heteroatoms. The number of rotatable bonds is 3. The molecular formula is C17H15N3O2S. The number of hydrazine groups is 1. The molecule has 0 bridgehead atoms. The van der Waals surface area contributed by atoms with Crippen LogP contribution in [-0.2, 0) is 4.79 Å². The van der Waals surface area contributed by atoms with Gasteiger partial charge in [-0.3, -0.25) is 25.8 Å². The minimum absolute atomic E-state index is 0.0111. The lowest BCUT2D eigenvalue weighted by atomic mass is 10.2. The van der Waals surface area contributed by atoms with Crippen molar-refractivity contribution < 1.29 is 9.59 Å². The minimum Gasteiger partial charge on any atom is -0.298 e. The summed E-state index contributed by atoms with van der Waals surface area (Å²) in [6.07, 6.45) is 3.03. The molecule has 0 aliphatic heterocycles. The van der Waals surface area contributed by atoms with Crippen LogP contribution in [0.15, 0.2) is 66.7 Å². The molecule has 2 aromatic carbocycles. The van der Waals surface area contributed by atoms with Gasteiger partial charge in [-0.05, 0) is 36.0 Å². The highest BCUT2D eigenvalue weighted by atomic mass is 32.1. The molecule has 0 aromatic heterocycles. The maximum Gasteiger partial charge on any atom is 0.269 e. The van der Waals surface area contributed by atoms with Gasteiger partial charge in [0, 0.05) is 11.6 Å². The van der Waals surface area contributed by atoms with E-state index in [-0.39, 0.29) is 16.9 Å². The predicted octanol–water partition coefficient (Wildman–Crippen LogP) is 2.04. The molecule has 0 fully saturated rings. The highest BCUT2D eigenvalue weighted by molar-refractivity contribution is 7.80. The van der Waals surface area contributed by atoms with Crippen molar-refractivity contribution in [2.24, 2.45) is 0 Å². The first-order valence-electron chi connectivity index (χ1n) is 6.84. The summed E-state index contributed by atoms with van der Waals surface area (Å²) in [5.74, 6) is -0.734. The molecule has 5 nitrogen and oxygen atoms in total. The van der Waals surface area contributed by atoms with Gasteiger partial charge in [0.1, 0.15) is 0 Å². The number of amides is 2. The van der Waals surface area contributed by atoms with E-state index < -0.39 is 0 Å². The molecule has 0 saturated carbocycles. The molecule has 0 spiro atoms. The maximum absolute atomic E-state index is 11.8. The van der Waals surface area contributed by atoms with Gasteiger partial charge in [-0.15, -0.1) is 0 Å². The summed E-state index contributed by atoms with van der Waals surface area (Å²) in [4.78, 5) is 23.5. The lowest BCUT2D eigenvalue weighted by molar-refractivity contribution is -0.115. The third-order valence-electron chi connectivity index (χ3n) is 2.79. The molecule has 2 amide bonds. The lowest BCUT2D eigenvalue weighted by Gasteiger charge is -2.09. The van der Waals surface area contributed by atoms with Crippen molar-refractivity contribution in [2.75, 3.05) is 0 Å². The molecule has 0 aliphatic rings. The molecule has 23 heavy (non-hydrogen) atoms. The van der Waals surface area contributed by atoms with Gasteiger partial charge in [0.15, 0.2) is 5.11 Å². The molecule has 0 heterocycles. The number of hydrogen-bond donors (Lipinski definition) is 3. The smallest absolute Gasteiger partial charge is 0.269 e. The van der Waals surface area contributed by atoms with Crippen molar-refractivity contribution in [1.29, 1.82) is 0 Å². The van der Waals surface area contributed by atoms with Crippen LogP contribution in [0.2, 0.25) is 0 Å². The monoisotopic (exact) mass is 325 g/mol. The van der Waals surface area contributed by atoms with Crippen LogP contribution in [-0.4, -0.2) is 16.9 Å². The topological polar surface area (TPSA) is 70.2 Å². The second-order valence-electron chi connectivity index (χ2n) is 4.51. The molecule has 0 radical (unpaired) electrons. The zero-order valence-corrected chi connectivity index (χ0v) is 13.0. The van der Waals surface area contributed by atoms with Crippen LogP contribution in [0.1, 0.15) is 15.9 Å². The van der Waals surface area contributed by atoms with E-state index in [1.807, 2.05) is 36.4 Å². The van der Waals surface area contributed by atoms with E-state index in [1.165, 1.54) is 6.08 Å². The molecule has 0 aliphatic carbocycles. The van der Waals surface area contributed by atoms with Gasteiger partial charge < -0.3 is 0 Å². The number of thiocarbonyl (C=S) groups is 1. The van der Waals surface area contributed by atoms with Crippen molar-refractivity contribution >= 4 is 35.2 Å². The van der Waals surface area contributed by atoms with Crippen LogP contribution in [0, 0.1) is 0 Å². The summed E-state index contributed by atoms with van der Waals surface area (Å²) in [6.45, 7) is 0. The van der Waals surface area contributed by atoms with Crippen LogP contribution < -0.4 is 16.2 Å². The van der Waals surface area contributed by atoms with E-state index in [1.54, 1.807) is 30.3 Å². The Bertz CT molecular complexity index is 715. The van der Waals surface area contributed by atoms with Gasteiger partial charge in [-0.25, -0.2) is 0 Å². The Balaban J connectivity index is 1.77. The van der Waals surface area contributed by atoms with Crippen molar-refractivity contribution in [3.63, 3.8) is 0 Å². The summed E-state index contributed by atoms with van der Waals surface area (Å²) in [6, 6.07) is 18.1. The Kier molecular flexibility index (Phi) is 6.02. The summed E-state index contributed by atoms with van der Waals surface area (Å²) >= 11 is 4.94. The normalized spacial score (nSPS) is 10.1. The minimum atomic E-state index is -0.389. The fraction of sp³-hybridized carbons (Fsp3) is 0. The Labute approximate surface area is 139 Å². The molecule has 2 aromatic rings. The largest absolute Gasteiger partial charge is 0.298 e. The number of nitrogens with one attached hydrogen (secondary N) is 3. The standard InChI is InChI=1S/C17H15N3O2S/c21-15(12-11-13-7-3-1-4-8-13)18-17(23)20-19-16(22)14-9-5-2-6-10-14/h1-12H,(H,19,22)(H2,18,20,21,23)/b12-11+. The van der Waals surface area contributed by atoms with E-state index in [0.29, 0.717) is 5.56 Å². The Morgan fingerprint density at radius 3 is 2.13 bits per heavy atom. The van der Waals surface area contributed by atoms with Gasteiger partial charge >= 0.3 is 0 Å². The van der Waals surface area contributed by atoms with Crippen molar-refractivity contribution in [3.8, 4) is 0 Å². The Hall–Kier alpha value is -2.99. The molecule has 3 N–H and O–H groups in total. The van der Waals surface area contributed by atoms with Crippen molar-refractivity contribution in [2.45, 2.75) is 0 Å². The van der Waals surface area contributed by atoms with E-state index in [9.17, 15) is 9.59 Å². The predicted molar refractivity (Wildman–Crippen MR) is 93.3 cm³/mol. The van der Waals surface area contributed by atoms with Crippen LogP contribution >= 0.6 is 12.2 Å². The summed E-state index contributed by atoms with van der Waals surface area (Å²) in [5, 5.41) is 2.45. The molecule has 0 atom stereocenters. The third kappa shape index (κ3) is 5.72. The van der Waals surface area contributed by atoms with Gasteiger partial charge in [0.05, 0.1) is 0 Å². The van der Waals surface area contributed by atoms with Gasteiger partial charge in [0.25, 0.3) is 5.91 Å². The van der Waals surface area contributed by atoms with E-state index in [4.69, 9.17) is 12.2 Å². The number of benzene rings is 2. The van der Waals surface area contributed by atoms with Crippen LogP contribution in [0.25, 0.3) is 6.08 Å². The Morgan fingerprint density at radius 2 is 1.48 bits per heavy atom. The highest BCUT2D eigenvalue weighted by Crippen LogP contribution is 2.00. The van der Waals surface area contributed by atoms with Crippen molar-refractivity contribution in [3.05, 3.63) is 77.9 Å². The number of carbonyl (C=O) groups excluding carboxylic acids is 2. The first-order chi connectivity index (χ1) is 11.1. The molecule has 116 valence electrons. The number of hydrogen-bond acceptors (Lipinski definition) is 3. The van der Waals surface area contributed by atoms with Crippen LogP contribution in [0.4, 0.5) is 0 Å². The van der Waals surface area contributed by atoms with Crippen LogP contribution in [0.3, 0.4) is 0 Å². The number of carbonyl (C=O) groups is 2. The van der Waals surface area contributed by atoms with Gasteiger partial charge in [-0.2, -0.15) is 0 Å². The summed E-state index contributed by atoms with van der Waals surface area (Å²) < 4.78 is 0. The van der Waals surface area contributed by atoms with E-state index >= 15 is 0 Å². The second kappa shape index (κ2) is 8.45. The highest BCUT2D eigenvalue weighted by Gasteiger charge is 2.05. The van der Waals surface area contributed by atoms with E-state index in [0.717, 1.165) is 5.56 Å². The molecule has 0 saturated heterocycles. The zero-order chi connectivity index (χ0) is 16.5. The van der Waals surface area contributed by atoms with E-state index in [2.05, 4.69) is 16.2 Å². The quantitative estimate of drug-likeness (QED) is 0.459. The van der Waals surface area contributed by atoms with Crippen LogP contribution in [0.5, 0.6) is 0 Å². The SMILES string of the molecule is O=C(/C=C/c1ccccc1)NC(=S)NNC(=O)c1ccccc1. The zero-order valence-electron chi connectivity index (χ0n) is 12.2. The fourth-order valence-corrected chi connectivity index (χ4v) is 1.85. The lowest BCUT2D eigenvalue weighted by Crippen LogP contribution is -2.48.